The number of fused-ring (bicyclic) bond motifs is 1. The SMILES string of the molecule is COc1cc(OC)c(F)c(CC2=CCc3ncc(-c4cnn(CCO)c4)nc32)c1F. The van der Waals surface area contributed by atoms with E-state index in [9.17, 15) is 8.78 Å². The minimum Gasteiger partial charge on any atom is -0.494 e. The summed E-state index contributed by atoms with van der Waals surface area (Å²) in [5, 5.41) is 13.2. The zero-order valence-electron chi connectivity index (χ0n) is 16.5. The third kappa shape index (κ3) is 3.52. The van der Waals surface area contributed by atoms with Crippen molar-refractivity contribution < 1.29 is 23.4 Å². The van der Waals surface area contributed by atoms with Crippen LogP contribution in [0.4, 0.5) is 8.78 Å². The highest BCUT2D eigenvalue weighted by molar-refractivity contribution is 5.73. The summed E-state index contributed by atoms with van der Waals surface area (Å²) in [6, 6.07) is 1.19. The standard InChI is InChI=1S/C21H20F2N4O3/c1-29-17-8-18(30-2)20(23)14(19(17)22)7-12-3-4-15-21(12)26-16(10-24-15)13-9-25-27(11-13)5-6-28/h3,8-11,28H,4-7H2,1-2H3. The van der Waals surface area contributed by atoms with Gasteiger partial charge in [0.05, 0.1) is 56.8 Å². The number of aliphatic hydroxyl groups excluding tert-OH is 1. The predicted molar refractivity (Wildman–Crippen MR) is 105 cm³/mol. The molecule has 0 saturated heterocycles. The fourth-order valence-electron chi connectivity index (χ4n) is 3.43. The lowest BCUT2D eigenvalue weighted by Gasteiger charge is -2.13. The summed E-state index contributed by atoms with van der Waals surface area (Å²) in [7, 11) is 2.64. The van der Waals surface area contributed by atoms with Gasteiger partial charge in [0.2, 0.25) is 0 Å². The first-order chi connectivity index (χ1) is 14.5. The normalized spacial score (nSPS) is 12.6. The molecule has 1 aromatic carbocycles. The van der Waals surface area contributed by atoms with Crippen LogP contribution in [-0.4, -0.2) is 45.7 Å². The molecule has 3 aromatic rings. The fourth-order valence-corrected chi connectivity index (χ4v) is 3.43. The van der Waals surface area contributed by atoms with Gasteiger partial charge < -0.3 is 14.6 Å². The summed E-state index contributed by atoms with van der Waals surface area (Å²) in [5.74, 6) is -1.70. The van der Waals surface area contributed by atoms with Crippen LogP contribution in [-0.2, 0) is 19.4 Å². The lowest BCUT2D eigenvalue weighted by Crippen LogP contribution is -2.04. The van der Waals surface area contributed by atoms with Crippen LogP contribution in [0.3, 0.4) is 0 Å². The molecule has 0 fully saturated rings. The molecule has 0 saturated carbocycles. The largest absolute Gasteiger partial charge is 0.494 e. The van der Waals surface area contributed by atoms with Gasteiger partial charge in [0, 0.05) is 36.2 Å². The van der Waals surface area contributed by atoms with Crippen LogP contribution in [0.5, 0.6) is 11.5 Å². The number of hydrogen-bond donors (Lipinski definition) is 1. The lowest BCUT2D eigenvalue weighted by molar-refractivity contribution is 0.269. The number of nitrogens with zero attached hydrogens (tertiary/aromatic N) is 4. The molecule has 0 radical (unpaired) electrons. The van der Waals surface area contributed by atoms with E-state index < -0.39 is 11.6 Å². The molecule has 0 spiro atoms. The Balaban J connectivity index is 1.68. The van der Waals surface area contributed by atoms with Gasteiger partial charge in [0.15, 0.2) is 23.1 Å². The molecule has 0 atom stereocenters. The number of hydrogen-bond acceptors (Lipinski definition) is 6. The van der Waals surface area contributed by atoms with Crippen molar-refractivity contribution >= 4 is 5.57 Å². The first kappa shape index (κ1) is 20.0. The van der Waals surface area contributed by atoms with E-state index in [1.165, 1.54) is 20.3 Å². The van der Waals surface area contributed by atoms with Crippen LogP contribution in [0.15, 0.2) is 30.7 Å². The number of aromatic nitrogens is 4. The van der Waals surface area contributed by atoms with E-state index in [-0.39, 0.29) is 30.1 Å². The molecule has 1 N–H and O–H groups in total. The lowest BCUT2D eigenvalue weighted by atomic mass is 10.0. The highest BCUT2D eigenvalue weighted by atomic mass is 19.1. The van der Waals surface area contributed by atoms with Crippen molar-refractivity contribution in [3.05, 3.63) is 59.3 Å². The second-order valence-corrected chi connectivity index (χ2v) is 6.76. The Labute approximate surface area is 171 Å². The van der Waals surface area contributed by atoms with Gasteiger partial charge in [-0.25, -0.2) is 13.8 Å². The first-order valence-electron chi connectivity index (χ1n) is 9.33. The average molecular weight is 414 g/mol. The zero-order valence-corrected chi connectivity index (χ0v) is 16.5. The number of ether oxygens (including phenoxy) is 2. The topological polar surface area (TPSA) is 82.3 Å². The van der Waals surface area contributed by atoms with Crippen molar-refractivity contribution in [2.24, 2.45) is 0 Å². The molecule has 4 rings (SSSR count). The van der Waals surface area contributed by atoms with Crippen molar-refractivity contribution in [2.45, 2.75) is 19.4 Å². The number of benzene rings is 1. The van der Waals surface area contributed by atoms with E-state index in [2.05, 4.69) is 15.1 Å². The first-order valence-corrected chi connectivity index (χ1v) is 9.33. The van der Waals surface area contributed by atoms with Crippen LogP contribution < -0.4 is 9.47 Å². The smallest absolute Gasteiger partial charge is 0.171 e. The molecular weight excluding hydrogens is 394 g/mol. The van der Waals surface area contributed by atoms with Gasteiger partial charge in [-0.1, -0.05) is 6.08 Å². The predicted octanol–water partition coefficient (Wildman–Crippen LogP) is 2.81. The Bertz CT molecular complexity index is 1100. The number of allylic oxidation sites excluding steroid dienone is 2. The Morgan fingerprint density at radius 3 is 2.53 bits per heavy atom. The van der Waals surface area contributed by atoms with Gasteiger partial charge in [-0.2, -0.15) is 5.10 Å². The minimum atomic E-state index is -0.764. The molecule has 0 unspecified atom stereocenters. The van der Waals surface area contributed by atoms with Gasteiger partial charge >= 0.3 is 0 Å². The van der Waals surface area contributed by atoms with Crippen LogP contribution in [0.1, 0.15) is 17.0 Å². The molecule has 1 aliphatic carbocycles. The molecule has 156 valence electrons. The van der Waals surface area contributed by atoms with Crippen molar-refractivity contribution in [2.75, 3.05) is 20.8 Å². The van der Waals surface area contributed by atoms with Crippen molar-refractivity contribution in [1.29, 1.82) is 0 Å². The van der Waals surface area contributed by atoms with Gasteiger partial charge in [0.25, 0.3) is 0 Å². The zero-order chi connectivity index (χ0) is 21.3. The van der Waals surface area contributed by atoms with E-state index in [1.807, 2.05) is 6.08 Å². The van der Waals surface area contributed by atoms with Crippen LogP contribution in [0.2, 0.25) is 0 Å². The maximum Gasteiger partial charge on any atom is 0.171 e. The van der Waals surface area contributed by atoms with Crippen molar-refractivity contribution in [1.82, 2.24) is 19.7 Å². The van der Waals surface area contributed by atoms with Crippen molar-refractivity contribution in [3.63, 3.8) is 0 Å². The number of aliphatic hydroxyl groups is 1. The second-order valence-electron chi connectivity index (χ2n) is 6.76. The Morgan fingerprint density at radius 1 is 1.13 bits per heavy atom. The highest BCUT2D eigenvalue weighted by Gasteiger charge is 2.25. The van der Waals surface area contributed by atoms with Crippen LogP contribution >= 0.6 is 0 Å². The molecular formula is C21H20F2N4O3. The third-order valence-electron chi connectivity index (χ3n) is 4.98. The van der Waals surface area contributed by atoms with Gasteiger partial charge in [-0.3, -0.25) is 9.67 Å². The summed E-state index contributed by atoms with van der Waals surface area (Å²) in [6.07, 6.45) is 7.43. The summed E-state index contributed by atoms with van der Waals surface area (Å²) >= 11 is 0. The second kappa shape index (κ2) is 8.19. The summed E-state index contributed by atoms with van der Waals surface area (Å²) < 4.78 is 41.2. The van der Waals surface area contributed by atoms with E-state index in [0.29, 0.717) is 29.9 Å². The third-order valence-corrected chi connectivity index (χ3v) is 4.98. The highest BCUT2D eigenvalue weighted by Crippen LogP contribution is 2.36. The van der Waals surface area contributed by atoms with Crippen molar-refractivity contribution in [3.8, 4) is 22.8 Å². The average Bonchev–Trinajstić information content (AvgIpc) is 3.38. The molecule has 0 amide bonds. The molecule has 2 aromatic heterocycles. The van der Waals surface area contributed by atoms with E-state index in [0.717, 1.165) is 11.3 Å². The van der Waals surface area contributed by atoms with Gasteiger partial charge in [-0.15, -0.1) is 0 Å². The molecule has 2 heterocycles. The van der Waals surface area contributed by atoms with Crippen LogP contribution in [0.25, 0.3) is 16.8 Å². The Morgan fingerprint density at radius 2 is 1.87 bits per heavy atom. The number of rotatable bonds is 7. The van der Waals surface area contributed by atoms with Gasteiger partial charge in [-0.05, 0) is 5.57 Å². The quantitative estimate of drug-likeness (QED) is 0.640. The number of methoxy groups -OCH3 is 2. The molecule has 30 heavy (non-hydrogen) atoms. The van der Waals surface area contributed by atoms with E-state index in [1.54, 1.807) is 23.3 Å². The van der Waals surface area contributed by atoms with E-state index in [4.69, 9.17) is 14.6 Å². The Hall–Kier alpha value is -3.33. The maximum atomic E-state index is 14.8. The van der Waals surface area contributed by atoms with Crippen LogP contribution in [0, 0.1) is 11.6 Å². The molecule has 9 heteroatoms. The summed E-state index contributed by atoms with van der Waals surface area (Å²) in [5.41, 5.74) is 3.21. The molecule has 1 aliphatic rings. The minimum absolute atomic E-state index is 0.0138. The molecule has 0 aliphatic heterocycles. The van der Waals surface area contributed by atoms with E-state index >= 15 is 0 Å². The summed E-state index contributed by atoms with van der Waals surface area (Å²) in [4.78, 5) is 9.12. The monoisotopic (exact) mass is 414 g/mol. The number of halogens is 2. The maximum absolute atomic E-state index is 14.8. The van der Waals surface area contributed by atoms with Gasteiger partial charge in [0.1, 0.15) is 0 Å². The fraction of sp³-hybridized carbons (Fsp3) is 0.286. The Kier molecular flexibility index (Phi) is 5.45. The summed E-state index contributed by atoms with van der Waals surface area (Å²) in [6.45, 7) is 0.352. The molecule has 7 nitrogen and oxygen atoms in total. The molecule has 0 bridgehead atoms.